The van der Waals surface area contributed by atoms with E-state index in [9.17, 15) is 4.79 Å². The van der Waals surface area contributed by atoms with Gasteiger partial charge in [0.15, 0.2) is 0 Å². The lowest BCUT2D eigenvalue weighted by atomic mass is 10.0. The Hall–Kier alpha value is -2.14. The summed E-state index contributed by atoms with van der Waals surface area (Å²) in [7, 11) is 0. The minimum atomic E-state index is -0.107. The molecular weight excluding hydrogens is 312 g/mol. The van der Waals surface area contributed by atoms with Crippen LogP contribution in [0.2, 0.25) is 0 Å². The first kappa shape index (κ1) is 16.3. The lowest BCUT2D eigenvalue weighted by Gasteiger charge is -2.24. The maximum Gasteiger partial charge on any atom is 0.274 e. The Labute approximate surface area is 148 Å². The average molecular weight is 338 g/mol. The van der Waals surface area contributed by atoms with Gasteiger partial charge in [-0.25, -0.2) is 5.10 Å². The highest BCUT2D eigenvalue weighted by molar-refractivity contribution is 5.77. The first-order valence-corrected chi connectivity index (χ1v) is 9.41. The maximum absolute atomic E-state index is 12.5. The number of H-pyrrole nitrogens is 1. The number of nitrogens with one attached hydrogen (secondary N) is 1. The summed E-state index contributed by atoms with van der Waals surface area (Å²) < 4.78 is 0. The number of aromatic amines is 1. The molecule has 2 aliphatic rings. The van der Waals surface area contributed by atoms with E-state index in [2.05, 4.69) is 51.2 Å². The van der Waals surface area contributed by atoms with Gasteiger partial charge >= 0.3 is 0 Å². The molecule has 0 aliphatic carbocycles. The summed E-state index contributed by atoms with van der Waals surface area (Å²) in [5, 5.41) is 6.63. The van der Waals surface area contributed by atoms with E-state index >= 15 is 0 Å². The molecule has 0 bridgehead atoms. The van der Waals surface area contributed by atoms with Gasteiger partial charge in [-0.2, -0.15) is 5.10 Å². The van der Waals surface area contributed by atoms with Crippen LogP contribution in [0.4, 0.5) is 5.69 Å². The predicted molar refractivity (Wildman–Crippen MR) is 101 cm³/mol. The van der Waals surface area contributed by atoms with Crippen LogP contribution in [0, 0.1) is 0 Å². The van der Waals surface area contributed by atoms with Crippen LogP contribution in [0.25, 0.3) is 11.1 Å². The second-order valence-corrected chi connectivity index (χ2v) is 7.19. The van der Waals surface area contributed by atoms with E-state index in [1.807, 2.05) is 0 Å². The molecule has 3 heterocycles. The Morgan fingerprint density at radius 2 is 1.64 bits per heavy atom. The largest absolute Gasteiger partial charge is 0.370 e. The molecule has 2 fully saturated rings. The van der Waals surface area contributed by atoms with E-state index in [0.29, 0.717) is 6.04 Å². The predicted octanol–water partition coefficient (Wildman–Crippen LogP) is 3.19. The van der Waals surface area contributed by atoms with Gasteiger partial charge in [-0.15, -0.1) is 0 Å². The van der Waals surface area contributed by atoms with Crippen molar-refractivity contribution in [1.82, 2.24) is 15.1 Å². The van der Waals surface area contributed by atoms with Gasteiger partial charge in [-0.1, -0.05) is 24.3 Å². The summed E-state index contributed by atoms with van der Waals surface area (Å²) in [6, 6.07) is 8.96. The molecule has 2 saturated heterocycles. The van der Waals surface area contributed by atoms with E-state index in [-0.39, 0.29) is 5.56 Å². The fourth-order valence-electron chi connectivity index (χ4n) is 4.13. The number of aromatic nitrogens is 2. The van der Waals surface area contributed by atoms with E-state index in [1.165, 1.54) is 44.3 Å². The molecule has 0 radical (unpaired) electrons. The summed E-state index contributed by atoms with van der Waals surface area (Å²) in [6.45, 7) is 6.65. The van der Waals surface area contributed by atoms with Crippen LogP contribution in [0.1, 0.15) is 44.2 Å². The topological polar surface area (TPSA) is 52.2 Å². The molecule has 5 nitrogen and oxygen atoms in total. The van der Waals surface area contributed by atoms with Gasteiger partial charge in [0.25, 0.3) is 5.56 Å². The number of benzene rings is 1. The number of hydrogen-bond acceptors (Lipinski definition) is 4. The molecule has 2 aromatic rings. The third-order valence-electron chi connectivity index (χ3n) is 5.65. The highest BCUT2D eigenvalue weighted by Crippen LogP contribution is 2.31. The van der Waals surface area contributed by atoms with Crippen LogP contribution in [0.15, 0.2) is 35.3 Å². The number of hydrogen-bond donors (Lipinski definition) is 1. The van der Waals surface area contributed by atoms with E-state index < -0.39 is 0 Å². The Bertz CT molecular complexity index is 771. The molecule has 1 aromatic heterocycles. The van der Waals surface area contributed by atoms with Gasteiger partial charge in [0, 0.05) is 19.1 Å². The van der Waals surface area contributed by atoms with E-state index in [1.54, 1.807) is 6.20 Å². The van der Waals surface area contributed by atoms with Crippen LogP contribution in [0.3, 0.4) is 0 Å². The minimum absolute atomic E-state index is 0.107. The Morgan fingerprint density at radius 1 is 1.00 bits per heavy atom. The van der Waals surface area contributed by atoms with Crippen LogP contribution < -0.4 is 10.5 Å². The zero-order valence-electron chi connectivity index (χ0n) is 14.9. The van der Waals surface area contributed by atoms with Gasteiger partial charge in [-0.3, -0.25) is 9.69 Å². The molecule has 5 heteroatoms. The zero-order valence-corrected chi connectivity index (χ0v) is 14.9. The summed E-state index contributed by atoms with van der Waals surface area (Å²) >= 11 is 0. The van der Waals surface area contributed by atoms with Crippen molar-refractivity contribution in [1.29, 1.82) is 0 Å². The highest BCUT2D eigenvalue weighted by atomic mass is 16.1. The van der Waals surface area contributed by atoms with Gasteiger partial charge < -0.3 is 4.90 Å². The molecule has 0 saturated carbocycles. The second kappa shape index (κ2) is 7.00. The van der Waals surface area contributed by atoms with Crippen molar-refractivity contribution in [3.8, 4) is 11.1 Å². The smallest absolute Gasteiger partial charge is 0.274 e. The molecule has 1 N–H and O–H groups in total. The van der Waals surface area contributed by atoms with Crippen molar-refractivity contribution in [2.24, 2.45) is 0 Å². The van der Waals surface area contributed by atoms with E-state index in [0.717, 1.165) is 29.9 Å². The van der Waals surface area contributed by atoms with Crippen molar-refractivity contribution in [3.63, 3.8) is 0 Å². The summed E-state index contributed by atoms with van der Waals surface area (Å²) in [6.07, 6.45) is 6.75. The van der Waals surface area contributed by atoms with Gasteiger partial charge in [-0.05, 0) is 56.8 Å². The van der Waals surface area contributed by atoms with Gasteiger partial charge in [0.05, 0.1) is 17.4 Å². The van der Waals surface area contributed by atoms with Crippen molar-refractivity contribution in [2.75, 3.05) is 31.1 Å². The molecule has 25 heavy (non-hydrogen) atoms. The normalized spacial score (nSPS) is 19.5. The minimum Gasteiger partial charge on any atom is -0.370 e. The maximum atomic E-state index is 12.5. The van der Waals surface area contributed by atoms with Crippen LogP contribution in [0.5, 0.6) is 0 Å². The van der Waals surface area contributed by atoms with Crippen molar-refractivity contribution in [3.05, 3.63) is 46.4 Å². The van der Waals surface area contributed by atoms with Crippen LogP contribution in [-0.4, -0.2) is 41.3 Å². The molecule has 4 rings (SSSR count). The van der Waals surface area contributed by atoms with Gasteiger partial charge in [0.1, 0.15) is 0 Å². The second-order valence-electron chi connectivity index (χ2n) is 7.19. The van der Waals surface area contributed by atoms with Crippen molar-refractivity contribution < 1.29 is 0 Å². The third-order valence-corrected chi connectivity index (χ3v) is 5.65. The third kappa shape index (κ3) is 3.21. The van der Waals surface area contributed by atoms with Crippen LogP contribution in [-0.2, 0) is 0 Å². The number of rotatable bonds is 4. The monoisotopic (exact) mass is 338 g/mol. The number of anilines is 1. The summed E-state index contributed by atoms with van der Waals surface area (Å²) in [5.74, 6) is 0. The number of nitrogens with zero attached hydrogens (tertiary/aromatic N) is 3. The molecule has 2 aliphatic heterocycles. The summed E-state index contributed by atoms with van der Waals surface area (Å²) in [5.41, 5.74) is 3.89. The Balaban J connectivity index is 1.65. The number of likely N-dealkylation sites (tertiary alicyclic amines) is 1. The van der Waals surface area contributed by atoms with E-state index in [4.69, 9.17) is 0 Å². The van der Waals surface area contributed by atoms with Crippen LogP contribution >= 0.6 is 0 Å². The quantitative estimate of drug-likeness (QED) is 0.930. The first-order valence-electron chi connectivity index (χ1n) is 9.41. The molecule has 0 spiro atoms. The molecule has 1 atom stereocenters. The highest BCUT2D eigenvalue weighted by Gasteiger charge is 2.21. The standard InChI is InChI=1S/C20H26N4O/c1-15(23-10-2-3-11-23)16-6-8-17(9-7-16)19-18(14-21-22-20(19)25)24-12-4-5-13-24/h6-9,14-15H,2-5,10-13H2,1H3,(H,22,25)/t15-/m0/s1. The Morgan fingerprint density at radius 3 is 2.32 bits per heavy atom. The van der Waals surface area contributed by atoms with Gasteiger partial charge in [0.2, 0.25) is 0 Å². The first-order chi connectivity index (χ1) is 12.2. The fourth-order valence-corrected chi connectivity index (χ4v) is 4.13. The van der Waals surface area contributed by atoms with Crippen molar-refractivity contribution >= 4 is 5.69 Å². The average Bonchev–Trinajstić information content (AvgIpc) is 3.35. The Kier molecular flexibility index (Phi) is 4.57. The van der Waals surface area contributed by atoms with Crippen molar-refractivity contribution in [2.45, 2.75) is 38.6 Å². The lowest BCUT2D eigenvalue weighted by Crippen LogP contribution is -2.24. The lowest BCUT2D eigenvalue weighted by molar-refractivity contribution is 0.263. The molecule has 0 unspecified atom stereocenters. The SMILES string of the molecule is C[C@@H](c1ccc(-c2c(N3CCCC3)cn[nH]c2=O)cc1)N1CCCC1. The molecule has 132 valence electrons. The molecular formula is C20H26N4O. The molecule has 0 amide bonds. The zero-order chi connectivity index (χ0) is 17.2. The fraction of sp³-hybridized carbons (Fsp3) is 0.500. The summed E-state index contributed by atoms with van der Waals surface area (Å²) in [4.78, 5) is 17.3. The molecule has 1 aromatic carbocycles.